The van der Waals surface area contributed by atoms with Gasteiger partial charge in [-0.1, -0.05) is 13.0 Å². The monoisotopic (exact) mass is 249 g/mol. The highest BCUT2D eigenvalue weighted by atomic mass is 16.5. The van der Waals surface area contributed by atoms with E-state index in [0.29, 0.717) is 12.5 Å². The highest BCUT2D eigenvalue weighted by molar-refractivity contribution is 5.42. The molecule has 2 rings (SSSR count). The lowest BCUT2D eigenvalue weighted by atomic mass is 9.70. The summed E-state index contributed by atoms with van der Waals surface area (Å²) in [5.74, 6) is 1.18. The maximum atomic E-state index is 6.69. The molecule has 1 aliphatic carbocycles. The van der Waals surface area contributed by atoms with Gasteiger partial charge in [0.15, 0.2) is 0 Å². The topological polar surface area (TPSA) is 44.5 Å². The fraction of sp³-hybridized carbons (Fsp3) is 0.600. The molecule has 0 bridgehead atoms. The van der Waals surface area contributed by atoms with Crippen molar-refractivity contribution < 1.29 is 9.47 Å². The van der Waals surface area contributed by atoms with Crippen molar-refractivity contribution in [2.75, 3.05) is 20.8 Å². The predicted octanol–water partition coefficient (Wildman–Crippen LogP) is 2.47. The first-order valence-electron chi connectivity index (χ1n) is 6.57. The zero-order chi connectivity index (χ0) is 13.2. The molecule has 0 saturated heterocycles. The number of methoxy groups -OCH3 is 2. The fourth-order valence-corrected chi connectivity index (χ4v) is 2.95. The molecule has 0 saturated carbocycles. The van der Waals surface area contributed by atoms with Crippen LogP contribution in [0.4, 0.5) is 0 Å². The van der Waals surface area contributed by atoms with Gasteiger partial charge in [0.25, 0.3) is 0 Å². The van der Waals surface area contributed by atoms with Crippen LogP contribution in [0.25, 0.3) is 0 Å². The zero-order valence-electron chi connectivity index (χ0n) is 11.5. The van der Waals surface area contributed by atoms with Crippen LogP contribution >= 0.6 is 0 Å². The Labute approximate surface area is 109 Å². The van der Waals surface area contributed by atoms with E-state index >= 15 is 0 Å². The highest BCUT2D eigenvalue weighted by Gasteiger charge is 2.37. The van der Waals surface area contributed by atoms with Crippen LogP contribution in [0.3, 0.4) is 0 Å². The van der Waals surface area contributed by atoms with Gasteiger partial charge in [-0.05, 0) is 42.5 Å². The average molecular weight is 249 g/mol. The average Bonchev–Trinajstić information content (AvgIpc) is 2.39. The SMILES string of the molecule is COCC(C)C1(N)CCCc2ccc(OC)cc21. The van der Waals surface area contributed by atoms with Gasteiger partial charge in [0.05, 0.1) is 13.7 Å². The summed E-state index contributed by atoms with van der Waals surface area (Å²) in [6.45, 7) is 2.85. The van der Waals surface area contributed by atoms with Crippen LogP contribution in [0.2, 0.25) is 0 Å². The molecule has 1 aromatic rings. The molecule has 0 aliphatic heterocycles. The Morgan fingerprint density at radius 2 is 2.17 bits per heavy atom. The summed E-state index contributed by atoms with van der Waals surface area (Å²) in [6.07, 6.45) is 3.26. The lowest BCUT2D eigenvalue weighted by Crippen LogP contribution is -2.47. The van der Waals surface area contributed by atoms with Gasteiger partial charge in [0.1, 0.15) is 5.75 Å². The second-order valence-electron chi connectivity index (χ2n) is 5.27. The molecular formula is C15H23NO2. The molecule has 0 heterocycles. The van der Waals surface area contributed by atoms with E-state index < -0.39 is 0 Å². The first kappa shape index (κ1) is 13.4. The lowest BCUT2D eigenvalue weighted by molar-refractivity contribution is 0.105. The molecule has 2 unspecified atom stereocenters. The number of hydrogen-bond acceptors (Lipinski definition) is 3. The van der Waals surface area contributed by atoms with Crippen LogP contribution in [0, 0.1) is 5.92 Å². The normalized spacial score (nSPS) is 24.4. The van der Waals surface area contributed by atoms with Crippen LogP contribution in [-0.4, -0.2) is 20.8 Å². The summed E-state index contributed by atoms with van der Waals surface area (Å²) < 4.78 is 10.6. The molecular weight excluding hydrogens is 226 g/mol. The van der Waals surface area contributed by atoms with E-state index in [9.17, 15) is 0 Å². The summed E-state index contributed by atoms with van der Waals surface area (Å²) >= 11 is 0. The van der Waals surface area contributed by atoms with Gasteiger partial charge in [-0.2, -0.15) is 0 Å². The van der Waals surface area contributed by atoms with E-state index in [1.54, 1.807) is 14.2 Å². The Morgan fingerprint density at radius 1 is 1.39 bits per heavy atom. The number of ether oxygens (including phenoxy) is 2. The maximum absolute atomic E-state index is 6.69. The van der Waals surface area contributed by atoms with E-state index in [4.69, 9.17) is 15.2 Å². The first-order chi connectivity index (χ1) is 8.61. The Kier molecular flexibility index (Phi) is 3.93. The molecule has 2 atom stereocenters. The van der Waals surface area contributed by atoms with Crippen molar-refractivity contribution in [1.29, 1.82) is 0 Å². The van der Waals surface area contributed by atoms with E-state index in [-0.39, 0.29) is 5.54 Å². The standard InChI is InChI=1S/C15H23NO2/c1-11(10-17-2)15(16)8-4-5-12-6-7-13(18-3)9-14(12)15/h6-7,9,11H,4-5,8,10,16H2,1-3H3. The third-order valence-electron chi connectivity index (χ3n) is 4.15. The number of rotatable bonds is 4. The summed E-state index contributed by atoms with van der Waals surface area (Å²) in [5.41, 5.74) is 8.98. The van der Waals surface area contributed by atoms with E-state index in [1.165, 1.54) is 11.1 Å². The van der Waals surface area contributed by atoms with Crippen molar-refractivity contribution in [2.45, 2.75) is 31.7 Å². The zero-order valence-corrected chi connectivity index (χ0v) is 11.5. The number of fused-ring (bicyclic) bond motifs is 1. The molecule has 0 spiro atoms. The van der Waals surface area contributed by atoms with Gasteiger partial charge < -0.3 is 15.2 Å². The molecule has 3 heteroatoms. The quantitative estimate of drug-likeness (QED) is 0.891. The van der Waals surface area contributed by atoms with Gasteiger partial charge in [-0.3, -0.25) is 0 Å². The summed E-state index contributed by atoms with van der Waals surface area (Å²) in [5, 5.41) is 0. The number of benzene rings is 1. The third kappa shape index (κ3) is 2.25. The molecule has 1 aromatic carbocycles. The molecule has 1 aliphatic rings. The van der Waals surface area contributed by atoms with Crippen LogP contribution in [0.1, 0.15) is 30.9 Å². The smallest absolute Gasteiger partial charge is 0.119 e. The molecule has 2 N–H and O–H groups in total. The molecule has 0 aromatic heterocycles. The maximum Gasteiger partial charge on any atom is 0.119 e. The van der Waals surface area contributed by atoms with Gasteiger partial charge in [0, 0.05) is 18.6 Å². The molecule has 0 radical (unpaired) electrons. The van der Waals surface area contributed by atoms with E-state index in [0.717, 1.165) is 25.0 Å². The molecule has 0 amide bonds. The van der Waals surface area contributed by atoms with Crippen LogP contribution in [-0.2, 0) is 16.7 Å². The van der Waals surface area contributed by atoms with Crippen LogP contribution in [0.15, 0.2) is 18.2 Å². The van der Waals surface area contributed by atoms with Gasteiger partial charge in [0.2, 0.25) is 0 Å². The van der Waals surface area contributed by atoms with Gasteiger partial charge >= 0.3 is 0 Å². The van der Waals surface area contributed by atoms with Gasteiger partial charge in [-0.15, -0.1) is 0 Å². The number of nitrogens with two attached hydrogens (primary N) is 1. The Hall–Kier alpha value is -1.06. The second-order valence-corrected chi connectivity index (χ2v) is 5.27. The minimum Gasteiger partial charge on any atom is -0.497 e. The molecule has 100 valence electrons. The van der Waals surface area contributed by atoms with Crippen LogP contribution in [0.5, 0.6) is 5.75 Å². The largest absolute Gasteiger partial charge is 0.497 e. The summed E-state index contributed by atoms with van der Waals surface area (Å²) in [6, 6.07) is 6.26. The number of aryl methyl sites for hydroxylation is 1. The first-order valence-corrected chi connectivity index (χ1v) is 6.57. The summed E-state index contributed by atoms with van der Waals surface area (Å²) in [4.78, 5) is 0. The van der Waals surface area contributed by atoms with Crippen LogP contribution < -0.4 is 10.5 Å². The Morgan fingerprint density at radius 3 is 2.83 bits per heavy atom. The summed E-state index contributed by atoms with van der Waals surface area (Å²) in [7, 11) is 3.43. The van der Waals surface area contributed by atoms with Crippen molar-refractivity contribution in [3.63, 3.8) is 0 Å². The van der Waals surface area contributed by atoms with E-state index in [2.05, 4.69) is 19.1 Å². The van der Waals surface area contributed by atoms with Crippen molar-refractivity contribution in [3.8, 4) is 5.75 Å². The van der Waals surface area contributed by atoms with Gasteiger partial charge in [-0.25, -0.2) is 0 Å². The minimum absolute atomic E-state index is 0.294. The van der Waals surface area contributed by atoms with E-state index in [1.807, 2.05) is 6.07 Å². The second kappa shape index (κ2) is 5.29. The van der Waals surface area contributed by atoms with Crippen molar-refractivity contribution in [2.24, 2.45) is 11.7 Å². The molecule has 0 fully saturated rings. The highest BCUT2D eigenvalue weighted by Crippen LogP contribution is 2.40. The fourth-order valence-electron chi connectivity index (χ4n) is 2.95. The minimum atomic E-state index is -0.294. The lowest BCUT2D eigenvalue weighted by Gasteiger charge is -2.40. The third-order valence-corrected chi connectivity index (χ3v) is 4.15. The van der Waals surface area contributed by atoms with Crippen molar-refractivity contribution in [3.05, 3.63) is 29.3 Å². The van der Waals surface area contributed by atoms with Crippen molar-refractivity contribution in [1.82, 2.24) is 0 Å². The number of hydrogen-bond donors (Lipinski definition) is 1. The Balaban J connectivity index is 2.41. The predicted molar refractivity (Wildman–Crippen MR) is 72.8 cm³/mol. The molecule has 3 nitrogen and oxygen atoms in total. The van der Waals surface area contributed by atoms with Crippen molar-refractivity contribution >= 4 is 0 Å². The Bertz CT molecular complexity index is 419. The molecule has 18 heavy (non-hydrogen) atoms.